The predicted molar refractivity (Wildman–Crippen MR) is 142 cm³/mol. The molecule has 3 aromatic rings. The third-order valence-electron chi connectivity index (χ3n) is 6.28. The number of hydrogen-bond acceptors (Lipinski definition) is 4. The summed E-state index contributed by atoms with van der Waals surface area (Å²) >= 11 is 6.13. The highest BCUT2D eigenvalue weighted by Gasteiger charge is 2.36. The fourth-order valence-corrected chi connectivity index (χ4v) is 6.15. The quantitative estimate of drug-likeness (QED) is 0.390. The molecule has 36 heavy (non-hydrogen) atoms. The van der Waals surface area contributed by atoms with Crippen molar-refractivity contribution in [1.29, 1.82) is 0 Å². The van der Waals surface area contributed by atoms with Crippen LogP contribution in [0.3, 0.4) is 0 Å². The first-order valence-corrected chi connectivity index (χ1v) is 13.2. The molecule has 1 heterocycles. The van der Waals surface area contributed by atoms with Crippen LogP contribution < -0.4 is 9.21 Å². The van der Waals surface area contributed by atoms with Gasteiger partial charge in [0.15, 0.2) is 0 Å². The Bertz CT molecular complexity index is 1420. The number of carboxylic acid groups (broad SMARTS) is 1. The van der Waals surface area contributed by atoms with Gasteiger partial charge in [-0.1, -0.05) is 41.9 Å². The highest BCUT2D eigenvalue weighted by Crippen LogP contribution is 2.40. The minimum Gasteiger partial charge on any atom is -0.481 e. The highest BCUT2D eigenvalue weighted by molar-refractivity contribution is 7.92. The summed E-state index contributed by atoms with van der Waals surface area (Å²) in [5.41, 5.74) is 2.84. The maximum Gasteiger partial charge on any atom is 0.303 e. The number of rotatable bonds is 7. The average molecular weight is 529 g/mol. The van der Waals surface area contributed by atoms with Crippen LogP contribution in [-0.4, -0.2) is 39.1 Å². The van der Waals surface area contributed by atoms with Gasteiger partial charge in [0.1, 0.15) is 5.82 Å². The van der Waals surface area contributed by atoms with Crippen molar-refractivity contribution in [3.63, 3.8) is 0 Å². The van der Waals surface area contributed by atoms with Crippen molar-refractivity contribution in [3.8, 4) is 0 Å². The molecule has 6 nitrogen and oxygen atoms in total. The Labute approximate surface area is 215 Å². The molecule has 0 spiro atoms. The molecular weight excluding hydrogens is 503 g/mol. The van der Waals surface area contributed by atoms with E-state index in [1.807, 2.05) is 24.9 Å². The number of nitrogens with zero attached hydrogens (tertiary/aromatic N) is 2. The zero-order chi connectivity index (χ0) is 26.0. The number of anilines is 2. The molecule has 0 saturated heterocycles. The van der Waals surface area contributed by atoms with E-state index in [1.165, 1.54) is 16.4 Å². The van der Waals surface area contributed by atoms with Gasteiger partial charge in [-0.15, -0.1) is 0 Å². The van der Waals surface area contributed by atoms with Crippen LogP contribution in [0.15, 0.2) is 65.6 Å². The Hall–Kier alpha value is -3.36. The average Bonchev–Trinajstić information content (AvgIpc) is 2.83. The normalized spacial score (nSPS) is 15.8. The third kappa shape index (κ3) is 5.24. The van der Waals surface area contributed by atoms with E-state index >= 15 is 0 Å². The molecular formula is C27H26ClFN2O4S. The van der Waals surface area contributed by atoms with Crippen molar-refractivity contribution in [3.05, 3.63) is 88.2 Å². The van der Waals surface area contributed by atoms with Crippen molar-refractivity contribution in [2.24, 2.45) is 0 Å². The molecule has 9 heteroatoms. The van der Waals surface area contributed by atoms with Crippen LogP contribution in [0.1, 0.15) is 29.5 Å². The second-order valence-electron chi connectivity index (χ2n) is 8.77. The molecule has 3 aromatic carbocycles. The van der Waals surface area contributed by atoms with Gasteiger partial charge in [0, 0.05) is 25.1 Å². The van der Waals surface area contributed by atoms with Crippen molar-refractivity contribution in [2.45, 2.75) is 30.7 Å². The lowest BCUT2D eigenvalue weighted by Crippen LogP contribution is -2.49. The number of carbonyl (C=O) groups is 1. The zero-order valence-electron chi connectivity index (χ0n) is 19.9. The second-order valence-corrected chi connectivity index (χ2v) is 11.0. The zero-order valence-corrected chi connectivity index (χ0v) is 21.4. The van der Waals surface area contributed by atoms with Gasteiger partial charge in [-0.3, -0.25) is 9.10 Å². The van der Waals surface area contributed by atoms with Crippen molar-refractivity contribution < 1.29 is 22.7 Å². The lowest BCUT2D eigenvalue weighted by atomic mass is 10.0. The highest BCUT2D eigenvalue weighted by atomic mass is 35.5. The van der Waals surface area contributed by atoms with Gasteiger partial charge in [0.2, 0.25) is 0 Å². The molecule has 0 aromatic heterocycles. The fourth-order valence-electron chi connectivity index (χ4n) is 4.31. The number of carboxylic acids is 1. The summed E-state index contributed by atoms with van der Waals surface area (Å²) in [5.74, 6) is -1.39. The third-order valence-corrected chi connectivity index (χ3v) is 8.39. The van der Waals surface area contributed by atoms with E-state index in [1.54, 1.807) is 54.6 Å². The Morgan fingerprint density at radius 2 is 1.86 bits per heavy atom. The van der Waals surface area contributed by atoms with Crippen LogP contribution in [0.2, 0.25) is 5.02 Å². The maximum absolute atomic E-state index is 14.2. The Morgan fingerprint density at radius 3 is 2.56 bits per heavy atom. The molecule has 0 aliphatic carbocycles. The summed E-state index contributed by atoms with van der Waals surface area (Å²) in [6, 6.07) is 16.1. The van der Waals surface area contributed by atoms with Crippen molar-refractivity contribution in [1.82, 2.24) is 0 Å². The van der Waals surface area contributed by atoms with Crippen LogP contribution >= 0.6 is 11.6 Å². The number of sulfonamides is 1. The lowest BCUT2D eigenvalue weighted by Gasteiger charge is -2.42. The first kappa shape index (κ1) is 25.7. The monoisotopic (exact) mass is 528 g/mol. The van der Waals surface area contributed by atoms with E-state index < -0.39 is 21.8 Å². The number of aliphatic carboxylic acids is 1. The van der Waals surface area contributed by atoms with Gasteiger partial charge in [-0.05, 0) is 66.9 Å². The van der Waals surface area contributed by atoms with E-state index in [4.69, 9.17) is 11.6 Å². The number of benzene rings is 3. The molecule has 1 atom stereocenters. The van der Waals surface area contributed by atoms with E-state index in [-0.39, 0.29) is 34.5 Å². The SMILES string of the molecule is Cc1cccc(S(=O)(=O)N2C[C@H](CCC(=O)O)N(C)c3ccc(/C=C/c4c(F)cccc4Cl)cc32)c1. The molecule has 4 rings (SSSR count). The van der Waals surface area contributed by atoms with Crippen LogP contribution in [-0.2, 0) is 14.8 Å². The maximum atomic E-state index is 14.2. The molecule has 188 valence electrons. The van der Waals surface area contributed by atoms with Gasteiger partial charge in [0.25, 0.3) is 10.0 Å². The standard InChI is InChI=1S/C27H26ClFN2O4S/c1-18-5-3-6-21(15-18)36(34,35)31-17-20(11-14-27(32)33)30(2)25-13-10-19(16-26(25)31)9-12-22-23(28)7-4-8-24(22)29/h3-10,12-13,15-16,20H,11,14,17H2,1-2H3,(H,32,33)/b12-9+/t20-/m0/s1. The minimum atomic E-state index is -3.94. The van der Waals surface area contributed by atoms with E-state index in [9.17, 15) is 22.7 Å². The molecule has 1 aliphatic rings. The number of aryl methyl sites for hydroxylation is 1. The van der Waals surface area contributed by atoms with Gasteiger partial charge in [-0.2, -0.15) is 0 Å². The van der Waals surface area contributed by atoms with Gasteiger partial charge in [-0.25, -0.2) is 12.8 Å². The van der Waals surface area contributed by atoms with Gasteiger partial charge < -0.3 is 10.0 Å². The first-order chi connectivity index (χ1) is 17.1. The number of fused-ring (bicyclic) bond motifs is 1. The van der Waals surface area contributed by atoms with Crippen LogP contribution in [0.25, 0.3) is 12.2 Å². The summed E-state index contributed by atoms with van der Waals surface area (Å²) in [6.45, 7) is 1.92. The Morgan fingerprint density at radius 1 is 1.11 bits per heavy atom. The smallest absolute Gasteiger partial charge is 0.303 e. The summed E-state index contributed by atoms with van der Waals surface area (Å²) < 4.78 is 43.1. The molecule has 0 fully saturated rings. The number of halogens is 2. The molecule has 0 unspecified atom stereocenters. The molecule has 0 radical (unpaired) electrons. The molecule has 0 saturated carbocycles. The van der Waals surface area contributed by atoms with Crippen LogP contribution in [0.4, 0.5) is 15.8 Å². The lowest BCUT2D eigenvalue weighted by molar-refractivity contribution is -0.137. The molecule has 0 amide bonds. The fraction of sp³-hybridized carbons (Fsp3) is 0.222. The minimum absolute atomic E-state index is 0.0765. The van der Waals surface area contributed by atoms with E-state index in [0.717, 1.165) is 5.56 Å². The summed E-state index contributed by atoms with van der Waals surface area (Å²) in [6.07, 6.45) is 3.45. The predicted octanol–water partition coefficient (Wildman–Crippen LogP) is 5.84. The van der Waals surface area contributed by atoms with Crippen LogP contribution in [0.5, 0.6) is 0 Å². The van der Waals surface area contributed by atoms with Crippen molar-refractivity contribution in [2.75, 3.05) is 22.8 Å². The molecule has 1 aliphatic heterocycles. The Balaban J connectivity index is 1.79. The largest absolute Gasteiger partial charge is 0.481 e. The van der Waals surface area contributed by atoms with E-state index in [0.29, 0.717) is 23.4 Å². The summed E-state index contributed by atoms with van der Waals surface area (Å²) in [7, 11) is -2.11. The summed E-state index contributed by atoms with van der Waals surface area (Å²) in [5, 5.41) is 9.47. The second kappa shape index (κ2) is 10.3. The van der Waals surface area contributed by atoms with Crippen LogP contribution in [0, 0.1) is 12.7 Å². The van der Waals surface area contributed by atoms with Gasteiger partial charge in [0.05, 0.1) is 27.8 Å². The van der Waals surface area contributed by atoms with Gasteiger partial charge >= 0.3 is 5.97 Å². The molecule has 0 bridgehead atoms. The summed E-state index contributed by atoms with van der Waals surface area (Å²) in [4.78, 5) is 13.3. The Kier molecular flexibility index (Phi) is 7.38. The number of likely N-dealkylation sites (N-methyl/N-ethyl adjacent to an activating group) is 1. The number of hydrogen-bond donors (Lipinski definition) is 1. The van der Waals surface area contributed by atoms with Crippen molar-refractivity contribution >= 4 is 51.1 Å². The molecule has 1 N–H and O–H groups in total. The van der Waals surface area contributed by atoms with E-state index in [2.05, 4.69) is 0 Å². The topological polar surface area (TPSA) is 77.9 Å². The first-order valence-electron chi connectivity index (χ1n) is 11.4.